The molecule has 1 atom stereocenters. The number of benzene rings is 1. The van der Waals surface area contributed by atoms with Gasteiger partial charge in [0.05, 0.1) is 17.3 Å². The van der Waals surface area contributed by atoms with Gasteiger partial charge in [0.25, 0.3) is 5.56 Å². The predicted molar refractivity (Wildman–Crippen MR) is 97.6 cm³/mol. The standard InChI is InChI=1S/C18H15N5OS/c1-18(8-14-7-16(24)22-23(14)17(20)21-18)15-6-13(10-25-15)12-4-2-3-11(5-12)9-19/h2-7,10H,8H2,1H3,(H2,20,21)(H,22,24)/t18-/m0/s1. The summed E-state index contributed by atoms with van der Waals surface area (Å²) in [4.78, 5) is 17.3. The van der Waals surface area contributed by atoms with Crippen LogP contribution in [-0.2, 0) is 12.0 Å². The first kappa shape index (κ1) is 15.4. The first-order chi connectivity index (χ1) is 12.0. The second-order valence-corrected chi connectivity index (χ2v) is 7.17. The summed E-state index contributed by atoms with van der Waals surface area (Å²) in [6, 6.07) is 13.3. The predicted octanol–water partition coefficient (Wildman–Crippen LogP) is 2.41. The number of hydrogen-bond donors (Lipinski definition) is 2. The van der Waals surface area contributed by atoms with Crippen LogP contribution < -0.4 is 11.3 Å². The topological polar surface area (TPSA) is 100.0 Å². The van der Waals surface area contributed by atoms with Crippen LogP contribution in [0.4, 0.5) is 0 Å². The van der Waals surface area contributed by atoms with Gasteiger partial charge >= 0.3 is 0 Å². The highest BCUT2D eigenvalue weighted by molar-refractivity contribution is 7.10. The third kappa shape index (κ3) is 2.57. The molecule has 1 aliphatic heterocycles. The summed E-state index contributed by atoms with van der Waals surface area (Å²) in [5, 5.41) is 13.8. The monoisotopic (exact) mass is 349 g/mol. The van der Waals surface area contributed by atoms with Crippen LogP contribution in [-0.4, -0.2) is 15.7 Å². The van der Waals surface area contributed by atoms with Crippen molar-refractivity contribution in [2.24, 2.45) is 10.7 Å². The van der Waals surface area contributed by atoms with E-state index in [-0.39, 0.29) is 11.5 Å². The average Bonchev–Trinajstić information content (AvgIpc) is 3.22. The van der Waals surface area contributed by atoms with E-state index in [4.69, 9.17) is 11.0 Å². The smallest absolute Gasteiger partial charge is 0.264 e. The van der Waals surface area contributed by atoms with Gasteiger partial charge in [0.1, 0.15) is 5.54 Å². The van der Waals surface area contributed by atoms with Crippen molar-refractivity contribution < 1.29 is 0 Å². The lowest BCUT2D eigenvalue weighted by Gasteiger charge is -2.29. The highest BCUT2D eigenvalue weighted by Crippen LogP contribution is 2.38. The molecule has 0 fully saturated rings. The third-order valence-corrected chi connectivity index (χ3v) is 5.56. The van der Waals surface area contributed by atoms with Gasteiger partial charge in [-0.15, -0.1) is 11.3 Å². The van der Waals surface area contributed by atoms with Crippen molar-refractivity contribution in [3.8, 4) is 17.2 Å². The van der Waals surface area contributed by atoms with Crippen molar-refractivity contribution in [1.82, 2.24) is 9.78 Å². The third-order valence-electron chi connectivity index (χ3n) is 4.38. The minimum absolute atomic E-state index is 0.183. The Morgan fingerprint density at radius 2 is 2.20 bits per heavy atom. The fourth-order valence-corrected chi connectivity index (χ4v) is 4.16. The van der Waals surface area contributed by atoms with Crippen molar-refractivity contribution in [3.05, 3.63) is 68.3 Å². The molecule has 1 aromatic carbocycles. The Hall–Kier alpha value is -3.11. The molecule has 0 spiro atoms. The number of aliphatic imine (C=N–C) groups is 1. The summed E-state index contributed by atoms with van der Waals surface area (Å²) >= 11 is 1.60. The molecule has 0 saturated heterocycles. The van der Waals surface area contributed by atoms with Crippen LogP contribution in [0.3, 0.4) is 0 Å². The Bertz CT molecular complexity index is 1100. The SMILES string of the molecule is C[C@@]1(c2cc(-c3cccc(C#N)c3)cs2)Cc2cc(=O)[nH]n2C(N)=N1. The number of hydrogen-bond acceptors (Lipinski definition) is 5. The molecule has 1 aliphatic rings. The molecule has 124 valence electrons. The zero-order valence-corrected chi connectivity index (χ0v) is 14.3. The number of rotatable bonds is 2. The normalized spacial score (nSPS) is 19.1. The average molecular weight is 349 g/mol. The van der Waals surface area contributed by atoms with Gasteiger partial charge < -0.3 is 5.73 Å². The number of nitrogens with two attached hydrogens (primary N) is 1. The molecule has 3 aromatic rings. The van der Waals surface area contributed by atoms with E-state index < -0.39 is 5.54 Å². The highest BCUT2D eigenvalue weighted by atomic mass is 32.1. The van der Waals surface area contributed by atoms with Crippen molar-refractivity contribution in [2.45, 2.75) is 18.9 Å². The second kappa shape index (κ2) is 5.46. The minimum Gasteiger partial charge on any atom is -0.368 e. The van der Waals surface area contributed by atoms with Crippen LogP contribution >= 0.6 is 11.3 Å². The number of thiophene rings is 1. The van der Waals surface area contributed by atoms with E-state index in [0.717, 1.165) is 21.7 Å². The summed E-state index contributed by atoms with van der Waals surface area (Å²) in [5.74, 6) is 0.285. The molecular weight excluding hydrogens is 334 g/mol. The number of aromatic nitrogens is 2. The van der Waals surface area contributed by atoms with Crippen molar-refractivity contribution in [1.29, 1.82) is 5.26 Å². The first-order valence-electron chi connectivity index (χ1n) is 7.75. The van der Waals surface area contributed by atoms with Crippen LogP contribution in [0.25, 0.3) is 11.1 Å². The van der Waals surface area contributed by atoms with Gasteiger partial charge in [-0.1, -0.05) is 12.1 Å². The summed E-state index contributed by atoms with van der Waals surface area (Å²) in [7, 11) is 0. The summed E-state index contributed by atoms with van der Waals surface area (Å²) < 4.78 is 1.54. The molecule has 0 bridgehead atoms. The van der Waals surface area contributed by atoms with E-state index >= 15 is 0 Å². The Kier molecular flexibility index (Phi) is 3.37. The van der Waals surface area contributed by atoms with Crippen LogP contribution in [0, 0.1) is 11.3 Å². The Labute approximate surface area is 147 Å². The van der Waals surface area contributed by atoms with Crippen LogP contribution in [0.1, 0.15) is 23.1 Å². The number of nitrogens with one attached hydrogen (secondary N) is 1. The Morgan fingerprint density at radius 3 is 3.00 bits per heavy atom. The van der Waals surface area contributed by atoms with Crippen molar-refractivity contribution >= 4 is 17.3 Å². The molecule has 3 heterocycles. The van der Waals surface area contributed by atoms with Gasteiger partial charge in [-0.3, -0.25) is 9.89 Å². The zero-order chi connectivity index (χ0) is 17.6. The zero-order valence-electron chi connectivity index (χ0n) is 13.5. The fraction of sp³-hybridized carbons (Fsp3) is 0.167. The van der Waals surface area contributed by atoms with E-state index in [0.29, 0.717) is 12.0 Å². The molecule has 0 radical (unpaired) electrons. The molecule has 0 unspecified atom stereocenters. The van der Waals surface area contributed by atoms with Crippen LogP contribution in [0.5, 0.6) is 0 Å². The molecule has 2 aromatic heterocycles. The maximum atomic E-state index is 11.6. The van der Waals surface area contributed by atoms with Crippen LogP contribution in [0.15, 0.2) is 51.6 Å². The van der Waals surface area contributed by atoms with Gasteiger partial charge in [-0.05, 0) is 41.6 Å². The van der Waals surface area contributed by atoms with E-state index in [1.165, 1.54) is 4.68 Å². The lowest BCUT2D eigenvalue weighted by Crippen LogP contribution is -2.37. The molecule has 0 amide bonds. The molecule has 25 heavy (non-hydrogen) atoms. The van der Waals surface area contributed by atoms with Gasteiger partial charge in [0.2, 0.25) is 5.96 Å². The number of aromatic amines is 1. The molecular formula is C18H15N5OS. The number of fused-ring (bicyclic) bond motifs is 1. The molecule has 7 heteroatoms. The molecule has 0 aliphatic carbocycles. The fourth-order valence-electron chi connectivity index (χ4n) is 3.14. The number of nitriles is 1. The lowest BCUT2D eigenvalue weighted by molar-refractivity contribution is 0.471. The molecule has 0 saturated carbocycles. The molecule has 4 rings (SSSR count). The molecule has 6 nitrogen and oxygen atoms in total. The molecule has 3 N–H and O–H groups in total. The van der Waals surface area contributed by atoms with Gasteiger partial charge in [-0.2, -0.15) is 5.26 Å². The van der Waals surface area contributed by atoms with E-state index in [1.54, 1.807) is 23.5 Å². The number of nitrogens with zero attached hydrogens (tertiary/aromatic N) is 3. The maximum Gasteiger partial charge on any atom is 0.264 e. The lowest BCUT2D eigenvalue weighted by atomic mass is 9.92. The minimum atomic E-state index is -0.519. The van der Waals surface area contributed by atoms with Crippen LogP contribution in [0.2, 0.25) is 0 Å². The van der Waals surface area contributed by atoms with Gasteiger partial charge in [0, 0.05) is 17.4 Å². The maximum absolute atomic E-state index is 11.6. The highest BCUT2D eigenvalue weighted by Gasteiger charge is 2.34. The van der Waals surface area contributed by atoms with E-state index in [2.05, 4.69) is 27.6 Å². The van der Waals surface area contributed by atoms with Gasteiger partial charge in [0.15, 0.2) is 0 Å². The second-order valence-electron chi connectivity index (χ2n) is 6.26. The van der Waals surface area contributed by atoms with E-state index in [9.17, 15) is 4.79 Å². The summed E-state index contributed by atoms with van der Waals surface area (Å²) in [5.41, 5.74) is 8.83. The summed E-state index contributed by atoms with van der Waals surface area (Å²) in [6.07, 6.45) is 0.588. The Morgan fingerprint density at radius 1 is 1.36 bits per heavy atom. The Balaban J connectivity index is 1.74. The first-order valence-corrected chi connectivity index (χ1v) is 8.63. The van der Waals surface area contributed by atoms with Crippen molar-refractivity contribution in [3.63, 3.8) is 0 Å². The van der Waals surface area contributed by atoms with Gasteiger partial charge in [-0.25, -0.2) is 9.67 Å². The summed E-state index contributed by atoms with van der Waals surface area (Å²) in [6.45, 7) is 2.02. The van der Waals surface area contributed by atoms with Crippen molar-refractivity contribution in [2.75, 3.05) is 0 Å². The largest absolute Gasteiger partial charge is 0.368 e. The quantitative estimate of drug-likeness (QED) is 0.743. The van der Waals surface area contributed by atoms with E-state index in [1.807, 2.05) is 25.1 Å². The number of H-pyrrole nitrogens is 1.